The lowest BCUT2D eigenvalue weighted by Gasteiger charge is -2.10. The van der Waals surface area contributed by atoms with Crippen molar-refractivity contribution in [3.05, 3.63) is 95.3 Å². The second kappa shape index (κ2) is 14.1. The maximum atomic E-state index is 13.0. The normalized spacial score (nSPS) is 11.1. The van der Waals surface area contributed by atoms with Crippen molar-refractivity contribution in [2.75, 3.05) is 44.9 Å². The molecule has 0 saturated heterocycles. The van der Waals surface area contributed by atoms with Crippen molar-refractivity contribution < 1.29 is 19.1 Å². The Morgan fingerprint density at radius 2 is 1.49 bits per heavy atom. The van der Waals surface area contributed by atoms with Gasteiger partial charge in [-0.05, 0) is 75.1 Å². The zero-order valence-electron chi connectivity index (χ0n) is 25.0. The van der Waals surface area contributed by atoms with E-state index in [0.717, 1.165) is 24.3 Å². The maximum Gasteiger partial charge on any atom is 0.272 e. The van der Waals surface area contributed by atoms with Crippen LogP contribution in [-0.4, -0.2) is 71.0 Å². The van der Waals surface area contributed by atoms with E-state index >= 15 is 0 Å². The maximum absolute atomic E-state index is 13.0. The van der Waals surface area contributed by atoms with Crippen molar-refractivity contribution in [2.24, 2.45) is 14.1 Å². The number of hydrogen-bond donors (Lipinski definition) is 3. The van der Waals surface area contributed by atoms with Crippen LogP contribution in [-0.2, 0) is 14.1 Å². The van der Waals surface area contributed by atoms with Gasteiger partial charge in [0, 0.05) is 39.2 Å². The summed E-state index contributed by atoms with van der Waals surface area (Å²) >= 11 is 0. The molecule has 0 aliphatic heterocycles. The summed E-state index contributed by atoms with van der Waals surface area (Å²) in [4.78, 5) is 44.9. The second-order valence-electron chi connectivity index (χ2n) is 10.3. The van der Waals surface area contributed by atoms with Crippen LogP contribution < -0.4 is 20.7 Å². The van der Waals surface area contributed by atoms with Crippen molar-refractivity contribution in [2.45, 2.75) is 6.42 Å². The summed E-state index contributed by atoms with van der Waals surface area (Å²) in [5, 5.41) is 8.55. The van der Waals surface area contributed by atoms with Gasteiger partial charge in [0.1, 0.15) is 17.1 Å². The molecule has 0 radical (unpaired) electrons. The molecule has 0 fully saturated rings. The van der Waals surface area contributed by atoms with E-state index in [9.17, 15) is 14.4 Å². The Bertz CT molecular complexity index is 1600. The quantitative estimate of drug-likeness (QED) is 0.216. The summed E-state index contributed by atoms with van der Waals surface area (Å²) in [7, 11) is 9.06. The number of aromatic nitrogens is 3. The van der Waals surface area contributed by atoms with Crippen molar-refractivity contribution in [3.63, 3.8) is 0 Å². The van der Waals surface area contributed by atoms with E-state index in [2.05, 4.69) is 25.8 Å². The highest BCUT2D eigenvalue weighted by Gasteiger charge is 2.17. The Morgan fingerprint density at radius 1 is 0.860 bits per heavy atom. The van der Waals surface area contributed by atoms with E-state index in [1.165, 1.54) is 6.20 Å². The zero-order valence-corrected chi connectivity index (χ0v) is 25.0. The smallest absolute Gasteiger partial charge is 0.272 e. The molecular weight excluding hydrogens is 546 g/mol. The predicted molar refractivity (Wildman–Crippen MR) is 168 cm³/mol. The molecule has 0 aliphatic rings. The SMILES string of the molecule is COc1ccc(/C=C/c2ccc(C(=O)Nc3cc(C(=O)Nc4cc(C(=O)NCCCN(C)C)n(C)c4)n(C)c3)cn2)cc1. The van der Waals surface area contributed by atoms with Crippen LogP contribution in [0.1, 0.15) is 49.0 Å². The molecule has 0 unspecified atom stereocenters. The van der Waals surface area contributed by atoms with Crippen LogP contribution in [0.15, 0.2) is 67.1 Å². The number of carbonyl (C=O) groups is 3. The predicted octanol–water partition coefficient (Wildman–Crippen LogP) is 4.12. The van der Waals surface area contributed by atoms with Gasteiger partial charge in [-0.25, -0.2) is 0 Å². The van der Waals surface area contributed by atoms with Crippen LogP contribution in [0.5, 0.6) is 5.75 Å². The number of aryl methyl sites for hydroxylation is 2. The molecular formula is C32H37N7O4. The molecule has 3 amide bonds. The lowest BCUT2D eigenvalue weighted by atomic mass is 10.1. The third-order valence-electron chi connectivity index (χ3n) is 6.67. The molecule has 3 heterocycles. The topological polar surface area (TPSA) is 123 Å². The molecule has 3 N–H and O–H groups in total. The average Bonchev–Trinajstić information content (AvgIpc) is 3.55. The number of rotatable bonds is 12. The van der Waals surface area contributed by atoms with Gasteiger partial charge in [0.25, 0.3) is 17.7 Å². The van der Waals surface area contributed by atoms with Crippen molar-refractivity contribution >= 4 is 41.2 Å². The third-order valence-corrected chi connectivity index (χ3v) is 6.67. The van der Waals surface area contributed by atoms with Gasteiger partial charge in [-0.2, -0.15) is 0 Å². The van der Waals surface area contributed by atoms with Gasteiger partial charge in [0.15, 0.2) is 0 Å². The van der Waals surface area contributed by atoms with Gasteiger partial charge in [-0.15, -0.1) is 0 Å². The molecule has 0 bridgehead atoms. The number of methoxy groups -OCH3 is 1. The lowest BCUT2D eigenvalue weighted by Crippen LogP contribution is -2.28. The van der Waals surface area contributed by atoms with E-state index < -0.39 is 0 Å². The van der Waals surface area contributed by atoms with Gasteiger partial charge in [0.05, 0.1) is 29.7 Å². The lowest BCUT2D eigenvalue weighted by molar-refractivity contribution is 0.0942. The first kappa shape index (κ1) is 30.8. The number of hydrogen-bond acceptors (Lipinski definition) is 6. The van der Waals surface area contributed by atoms with Crippen LogP contribution >= 0.6 is 0 Å². The Balaban J connectivity index is 1.33. The molecule has 3 aromatic heterocycles. The molecule has 11 nitrogen and oxygen atoms in total. The molecule has 0 atom stereocenters. The second-order valence-corrected chi connectivity index (χ2v) is 10.3. The number of pyridine rings is 1. The molecule has 4 rings (SSSR count). The zero-order chi connectivity index (χ0) is 30.9. The van der Waals surface area contributed by atoms with Crippen LogP contribution in [0.3, 0.4) is 0 Å². The summed E-state index contributed by atoms with van der Waals surface area (Å²) in [6.45, 7) is 1.43. The summed E-state index contributed by atoms with van der Waals surface area (Å²) in [6, 6.07) is 14.3. The molecule has 224 valence electrons. The van der Waals surface area contributed by atoms with Crippen LogP contribution in [0.25, 0.3) is 12.2 Å². The van der Waals surface area contributed by atoms with Gasteiger partial charge in [-0.1, -0.05) is 18.2 Å². The highest BCUT2D eigenvalue weighted by atomic mass is 16.5. The van der Waals surface area contributed by atoms with E-state index in [4.69, 9.17) is 4.74 Å². The molecule has 4 aromatic rings. The van der Waals surface area contributed by atoms with Crippen LogP contribution in [0, 0.1) is 0 Å². The minimum atomic E-state index is -0.374. The monoisotopic (exact) mass is 583 g/mol. The van der Waals surface area contributed by atoms with Gasteiger partial charge in [0.2, 0.25) is 0 Å². The summed E-state index contributed by atoms with van der Waals surface area (Å²) in [6.07, 6.45) is 9.47. The van der Waals surface area contributed by atoms with E-state index in [1.807, 2.05) is 50.5 Å². The van der Waals surface area contributed by atoms with E-state index in [0.29, 0.717) is 40.6 Å². The van der Waals surface area contributed by atoms with Gasteiger partial charge < -0.3 is 34.7 Å². The van der Waals surface area contributed by atoms with Gasteiger partial charge in [-0.3, -0.25) is 19.4 Å². The number of ether oxygens (including phenoxy) is 1. The van der Waals surface area contributed by atoms with E-state index in [-0.39, 0.29) is 17.7 Å². The Labute approximate surface area is 251 Å². The minimum absolute atomic E-state index is 0.207. The Hall–Kier alpha value is -5.16. The number of anilines is 2. The third kappa shape index (κ3) is 8.43. The summed E-state index contributed by atoms with van der Waals surface area (Å²) < 4.78 is 8.46. The van der Waals surface area contributed by atoms with Crippen molar-refractivity contribution in [3.8, 4) is 5.75 Å². The molecule has 43 heavy (non-hydrogen) atoms. The highest BCUT2D eigenvalue weighted by Crippen LogP contribution is 2.19. The average molecular weight is 584 g/mol. The standard InChI is InChI=1S/C32H37N7O4/c1-37(2)16-6-15-33-31(41)28-17-26(21-38(28)3)36-32(42)29-18-25(20-39(29)4)35-30(40)23-10-12-24(34-19-23)11-7-22-8-13-27(43-5)14-9-22/h7-14,17-21H,6,15-16H2,1-5H3,(H,33,41)(H,35,40)(H,36,42)/b11-7+. The summed E-state index contributed by atoms with van der Waals surface area (Å²) in [5.74, 6) is -0.141. The largest absolute Gasteiger partial charge is 0.497 e. The number of amides is 3. The molecule has 0 saturated carbocycles. The number of benzene rings is 1. The molecule has 11 heteroatoms. The fourth-order valence-corrected chi connectivity index (χ4v) is 4.34. The number of carbonyl (C=O) groups excluding carboxylic acids is 3. The molecule has 0 aliphatic carbocycles. The van der Waals surface area contributed by atoms with Crippen molar-refractivity contribution in [1.29, 1.82) is 0 Å². The van der Waals surface area contributed by atoms with Gasteiger partial charge >= 0.3 is 0 Å². The molecule has 1 aromatic carbocycles. The van der Waals surface area contributed by atoms with E-state index in [1.54, 1.807) is 67.0 Å². The first-order valence-electron chi connectivity index (χ1n) is 13.8. The van der Waals surface area contributed by atoms with Crippen LogP contribution in [0.4, 0.5) is 11.4 Å². The summed E-state index contributed by atoms with van der Waals surface area (Å²) in [5.41, 5.74) is 3.82. The first-order valence-corrected chi connectivity index (χ1v) is 13.8. The first-order chi connectivity index (χ1) is 20.6. The number of nitrogens with one attached hydrogen (secondary N) is 3. The number of nitrogens with zero attached hydrogens (tertiary/aromatic N) is 4. The Kier molecular flexibility index (Phi) is 10.1. The van der Waals surface area contributed by atoms with Crippen LogP contribution in [0.2, 0.25) is 0 Å². The fraction of sp³-hybridized carbons (Fsp3) is 0.250. The fourth-order valence-electron chi connectivity index (χ4n) is 4.34. The Morgan fingerprint density at radius 3 is 2.07 bits per heavy atom. The van der Waals surface area contributed by atoms with Crippen molar-refractivity contribution in [1.82, 2.24) is 24.3 Å². The minimum Gasteiger partial charge on any atom is -0.497 e. The molecule has 0 spiro atoms. The highest BCUT2D eigenvalue weighted by molar-refractivity contribution is 6.07.